The quantitative estimate of drug-likeness (QED) is 0.183. The fraction of sp³-hybridized carbons (Fsp3) is 0.0400. The maximum Gasteiger partial charge on any atom is 0.159 e. The molecule has 0 N–H and O–H groups in total. The van der Waals surface area contributed by atoms with Crippen LogP contribution in [0.25, 0.3) is 53.2 Å². The van der Waals surface area contributed by atoms with Gasteiger partial charge in [-0.05, 0) is 65.1 Å². The second-order valence-corrected chi connectivity index (χ2v) is 15.5. The molecule has 8 aromatic carbocycles. The predicted molar refractivity (Wildman–Crippen MR) is 223 cm³/mol. The van der Waals surface area contributed by atoms with Gasteiger partial charge in [-0.3, -0.25) is 0 Å². The first-order chi connectivity index (χ1) is 26.7. The smallest absolute Gasteiger partial charge is 0.159 e. The minimum Gasteiger partial charge on any atom is -0.455 e. The molecule has 0 atom stereocenters. The van der Waals surface area contributed by atoms with E-state index in [-0.39, 0.29) is 0 Å². The predicted octanol–water partition coefficient (Wildman–Crippen LogP) is 14.2. The molecule has 4 heteroatoms. The lowest BCUT2D eigenvalue weighted by atomic mass is 9.66. The van der Waals surface area contributed by atoms with Crippen LogP contribution < -0.4 is 9.64 Å². The van der Waals surface area contributed by atoms with Gasteiger partial charge in [-0.1, -0.05) is 133 Å². The third-order valence-corrected chi connectivity index (χ3v) is 12.9. The summed E-state index contributed by atoms with van der Waals surface area (Å²) in [6.07, 6.45) is 0. The van der Waals surface area contributed by atoms with Gasteiger partial charge in [0.2, 0.25) is 0 Å². The van der Waals surface area contributed by atoms with E-state index in [2.05, 4.69) is 170 Å². The summed E-state index contributed by atoms with van der Waals surface area (Å²) < 4.78 is 16.4. The van der Waals surface area contributed by atoms with Crippen LogP contribution in [-0.2, 0) is 5.41 Å². The van der Waals surface area contributed by atoms with Crippen molar-refractivity contribution < 1.29 is 9.15 Å². The van der Waals surface area contributed by atoms with Crippen LogP contribution in [0.1, 0.15) is 27.8 Å². The fourth-order valence-corrected chi connectivity index (χ4v) is 10.6. The molecule has 2 aromatic heterocycles. The zero-order valence-electron chi connectivity index (χ0n) is 29.3. The van der Waals surface area contributed by atoms with Crippen LogP contribution in [0.15, 0.2) is 174 Å². The zero-order valence-corrected chi connectivity index (χ0v) is 30.2. The number of aryl methyl sites for hydroxylation is 1. The van der Waals surface area contributed by atoms with E-state index in [1.54, 1.807) is 0 Å². The van der Waals surface area contributed by atoms with Crippen molar-refractivity contribution in [2.24, 2.45) is 0 Å². The van der Waals surface area contributed by atoms with Crippen molar-refractivity contribution in [2.75, 3.05) is 4.90 Å². The van der Waals surface area contributed by atoms with Crippen LogP contribution in [0.2, 0.25) is 0 Å². The minimum absolute atomic E-state index is 0.564. The summed E-state index contributed by atoms with van der Waals surface area (Å²) in [7, 11) is 0. The molecule has 0 saturated carbocycles. The molecule has 0 radical (unpaired) electrons. The highest BCUT2D eigenvalue weighted by molar-refractivity contribution is 7.26. The van der Waals surface area contributed by atoms with Gasteiger partial charge in [0.25, 0.3) is 0 Å². The van der Waals surface area contributed by atoms with Gasteiger partial charge in [0.05, 0.1) is 21.5 Å². The van der Waals surface area contributed by atoms with Crippen molar-refractivity contribution in [1.29, 1.82) is 0 Å². The molecule has 254 valence electrons. The Kier molecular flexibility index (Phi) is 6.07. The Hall–Kier alpha value is -6.62. The Morgan fingerprint density at radius 1 is 0.519 bits per heavy atom. The summed E-state index contributed by atoms with van der Waals surface area (Å²) >= 11 is 1.82. The summed E-state index contributed by atoms with van der Waals surface area (Å²) in [5.74, 6) is 1.79. The van der Waals surface area contributed by atoms with Gasteiger partial charge in [0.1, 0.15) is 17.1 Å². The van der Waals surface area contributed by atoms with E-state index >= 15 is 0 Å². The number of benzene rings is 8. The van der Waals surface area contributed by atoms with Crippen molar-refractivity contribution in [3.63, 3.8) is 0 Å². The molecule has 10 aromatic rings. The third kappa shape index (κ3) is 3.85. The monoisotopic (exact) mass is 709 g/mol. The van der Waals surface area contributed by atoms with E-state index in [1.165, 1.54) is 48.0 Å². The number of anilines is 3. The van der Waals surface area contributed by atoms with E-state index in [9.17, 15) is 0 Å². The van der Waals surface area contributed by atoms with Crippen LogP contribution in [0.3, 0.4) is 0 Å². The topological polar surface area (TPSA) is 25.6 Å². The van der Waals surface area contributed by atoms with Gasteiger partial charge in [-0.15, -0.1) is 11.3 Å². The van der Waals surface area contributed by atoms with Gasteiger partial charge in [-0.2, -0.15) is 0 Å². The normalized spacial score (nSPS) is 13.6. The van der Waals surface area contributed by atoms with E-state index < -0.39 is 5.41 Å². The Balaban J connectivity index is 1.17. The summed E-state index contributed by atoms with van der Waals surface area (Å²) in [6.45, 7) is 2.17. The lowest BCUT2D eigenvalue weighted by Gasteiger charge is -2.40. The summed E-state index contributed by atoms with van der Waals surface area (Å²) in [5.41, 5.74) is 12.8. The number of para-hydroxylation sites is 3. The second kappa shape index (κ2) is 11.0. The zero-order chi connectivity index (χ0) is 35.5. The average Bonchev–Trinajstić information content (AvgIpc) is 3.89. The van der Waals surface area contributed by atoms with Gasteiger partial charge in [0, 0.05) is 49.1 Å². The standard InChI is InChI=1S/C50H31NO2S/c1-30-13-2-9-21-42(30)51(43-22-12-18-36-34-16-5-10-23-44(34)52-47(36)43)31-25-27-40-45(29-31)53-48-41(28-26-37-35-17-6-11-24-46(35)54-49(37)48)50(40)38-19-7-3-14-32(38)33-15-4-8-20-39(33)50/h2-29H,1H3. The van der Waals surface area contributed by atoms with Gasteiger partial charge in [0.15, 0.2) is 5.58 Å². The molecule has 0 saturated heterocycles. The number of nitrogens with zero attached hydrogens (tertiary/aromatic N) is 1. The first-order valence-corrected chi connectivity index (χ1v) is 19.2. The third-order valence-electron chi connectivity index (χ3n) is 11.7. The van der Waals surface area contributed by atoms with Crippen molar-refractivity contribution in [3.05, 3.63) is 198 Å². The number of hydrogen-bond donors (Lipinski definition) is 0. The lowest BCUT2D eigenvalue weighted by molar-refractivity contribution is 0.442. The highest BCUT2D eigenvalue weighted by Crippen LogP contribution is 2.64. The molecule has 3 nitrogen and oxygen atoms in total. The van der Waals surface area contributed by atoms with E-state index in [4.69, 9.17) is 9.15 Å². The number of ether oxygens (including phenoxy) is 1. The van der Waals surface area contributed by atoms with Crippen LogP contribution in [0, 0.1) is 6.92 Å². The van der Waals surface area contributed by atoms with Crippen molar-refractivity contribution in [1.82, 2.24) is 0 Å². The fourth-order valence-electron chi connectivity index (χ4n) is 9.41. The average molecular weight is 710 g/mol. The van der Waals surface area contributed by atoms with E-state index in [0.29, 0.717) is 0 Å². The van der Waals surface area contributed by atoms with Crippen molar-refractivity contribution in [2.45, 2.75) is 12.3 Å². The van der Waals surface area contributed by atoms with Crippen LogP contribution in [0.4, 0.5) is 17.1 Å². The molecular formula is C50H31NO2S. The van der Waals surface area contributed by atoms with Crippen LogP contribution in [-0.4, -0.2) is 0 Å². The number of furan rings is 1. The lowest BCUT2D eigenvalue weighted by Crippen LogP contribution is -2.32. The molecule has 1 aliphatic heterocycles. The van der Waals surface area contributed by atoms with Gasteiger partial charge >= 0.3 is 0 Å². The molecule has 0 fully saturated rings. The Morgan fingerprint density at radius 2 is 1.19 bits per heavy atom. The number of hydrogen-bond acceptors (Lipinski definition) is 4. The molecule has 2 aliphatic rings. The van der Waals surface area contributed by atoms with E-state index in [1.807, 2.05) is 23.5 Å². The number of fused-ring (bicyclic) bond motifs is 16. The minimum atomic E-state index is -0.564. The molecule has 0 amide bonds. The Morgan fingerprint density at radius 3 is 2.02 bits per heavy atom. The number of rotatable bonds is 3. The largest absolute Gasteiger partial charge is 0.455 e. The molecule has 3 heterocycles. The summed E-state index contributed by atoms with van der Waals surface area (Å²) in [4.78, 5) is 2.34. The Bertz CT molecular complexity index is 3140. The first kappa shape index (κ1) is 29.9. The molecule has 12 rings (SSSR count). The SMILES string of the molecule is Cc1ccccc1N(c1ccc2c(c1)Oc1c(ccc3c1sc1ccccc13)C21c2ccccc2-c2ccccc21)c1cccc2c1oc1ccccc12. The number of thiophene rings is 1. The van der Waals surface area contributed by atoms with Crippen molar-refractivity contribution >= 4 is 70.5 Å². The highest BCUT2D eigenvalue weighted by atomic mass is 32.1. The van der Waals surface area contributed by atoms with Crippen LogP contribution in [0.5, 0.6) is 11.5 Å². The maximum absolute atomic E-state index is 7.33. The summed E-state index contributed by atoms with van der Waals surface area (Å²) in [5, 5.41) is 4.68. The van der Waals surface area contributed by atoms with Gasteiger partial charge in [-0.25, -0.2) is 0 Å². The molecule has 1 spiro atoms. The molecule has 1 aliphatic carbocycles. The maximum atomic E-state index is 7.33. The first-order valence-electron chi connectivity index (χ1n) is 18.4. The van der Waals surface area contributed by atoms with Crippen LogP contribution >= 0.6 is 11.3 Å². The molecule has 0 unspecified atom stereocenters. The van der Waals surface area contributed by atoms with E-state index in [0.717, 1.165) is 61.6 Å². The Labute approximate surface area is 315 Å². The van der Waals surface area contributed by atoms with Gasteiger partial charge < -0.3 is 14.1 Å². The molecule has 54 heavy (non-hydrogen) atoms. The summed E-state index contributed by atoms with van der Waals surface area (Å²) in [6, 6.07) is 61.4. The molecular weight excluding hydrogens is 679 g/mol. The van der Waals surface area contributed by atoms with Crippen molar-refractivity contribution in [3.8, 4) is 22.6 Å². The highest BCUT2D eigenvalue weighted by Gasteiger charge is 2.51. The second-order valence-electron chi connectivity index (χ2n) is 14.4. The molecule has 0 bridgehead atoms.